The van der Waals surface area contributed by atoms with Crippen LogP contribution in [0.25, 0.3) is 0 Å². The van der Waals surface area contributed by atoms with Crippen molar-refractivity contribution in [3.8, 4) is 0 Å². The zero-order chi connectivity index (χ0) is 10.1. The summed E-state index contributed by atoms with van der Waals surface area (Å²) in [6.07, 6.45) is 2.01. The van der Waals surface area contributed by atoms with Gasteiger partial charge in [0, 0.05) is 32.7 Å². The van der Waals surface area contributed by atoms with Crippen molar-refractivity contribution < 1.29 is 9.26 Å². The smallest absolute Gasteiger partial charge is 0.232 e. The van der Waals surface area contributed by atoms with Crippen LogP contribution in [0.4, 0.5) is 0 Å². The van der Waals surface area contributed by atoms with Crippen molar-refractivity contribution in [3.63, 3.8) is 0 Å². The van der Waals surface area contributed by atoms with Gasteiger partial charge in [0.25, 0.3) is 0 Å². The largest absolute Gasteiger partial charge is 0.381 e. The molecule has 1 aromatic rings. The van der Waals surface area contributed by atoms with Crippen molar-refractivity contribution in [1.29, 1.82) is 0 Å². The Morgan fingerprint density at radius 3 is 3.00 bits per heavy atom. The average Bonchev–Trinajstić information content (AvgIpc) is 2.75. The van der Waals surface area contributed by atoms with Gasteiger partial charge in [-0.25, -0.2) is 0 Å². The van der Waals surface area contributed by atoms with Crippen molar-refractivity contribution in [1.82, 2.24) is 15.5 Å². The number of aromatic nitrogens is 2. The zero-order valence-corrected chi connectivity index (χ0v) is 8.61. The van der Waals surface area contributed by atoms with Crippen LogP contribution >= 0.6 is 0 Å². The maximum absolute atomic E-state index is 5.32. The van der Waals surface area contributed by atoms with Gasteiger partial charge in [0.05, 0.1) is 5.92 Å². The van der Waals surface area contributed by atoms with Crippen LogP contribution in [0, 0.1) is 5.92 Å². The van der Waals surface area contributed by atoms with Gasteiger partial charge in [-0.2, -0.15) is 4.98 Å². The fourth-order valence-electron chi connectivity index (χ4n) is 1.98. The Morgan fingerprint density at radius 1 is 1.40 bits per heavy atom. The lowest BCUT2D eigenvalue weighted by Gasteiger charge is -2.22. The SMILES string of the molecule is C1CC(Cc2noc(C3CNC3)n2)CO1. The van der Waals surface area contributed by atoms with E-state index in [1.807, 2.05) is 0 Å². The number of hydrogen-bond acceptors (Lipinski definition) is 5. The van der Waals surface area contributed by atoms with Gasteiger partial charge in [-0.3, -0.25) is 0 Å². The van der Waals surface area contributed by atoms with Gasteiger partial charge in [-0.05, 0) is 12.3 Å². The van der Waals surface area contributed by atoms with E-state index in [0.717, 1.165) is 50.9 Å². The monoisotopic (exact) mass is 209 g/mol. The average molecular weight is 209 g/mol. The van der Waals surface area contributed by atoms with Crippen molar-refractivity contribution in [2.45, 2.75) is 18.8 Å². The Kier molecular flexibility index (Phi) is 2.42. The Morgan fingerprint density at radius 2 is 2.33 bits per heavy atom. The molecule has 0 saturated carbocycles. The maximum atomic E-state index is 5.32. The summed E-state index contributed by atoms with van der Waals surface area (Å²) < 4.78 is 10.6. The molecule has 3 heterocycles. The highest BCUT2D eigenvalue weighted by atomic mass is 16.5. The van der Waals surface area contributed by atoms with Gasteiger partial charge in [-0.1, -0.05) is 5.16 Å². The Labute approximate surface area is 88.2 Å². The quantitative estimate of drug-likeness (QED) is 0.777. The number of ether oxygens (including phenoxy) is 1. The van der Waals surface area contributed by atoms with Gasteiger partial charge < -0.3 is 14.6 Å². The second kappa shape index (κ2) is 3.90. The molecule has 1 aromatic heterocycles. The maximum Gasteiger partial charge on any atom is 0.232 e. The molecule has 0 bridgehead atoms. The lowest BCUT2D eigenvalue weighted by Crippen LogP contribution is -2.40. The van der Waals surface area contributed by atoms with Gasteiger partial charge in [0.15, 0.2) is 5.82 Å². The molecule has 5 heteroatoms. The van der Waals surface area contributed by atoms with E-state index >= 15 is 0 Å². The first kappa shape index (κ1) is 9.30. The molecule has 1 atom stereocenters. The van der Waals surface area contributed by atoms with E-state index in [0.29, 0.717) is 11.8 Å². The molecule has 2 aliphatic heterocycles. The van der Waals surface area contributed by atoms with Crippen LogP contribution < -0.4 is 5.32 Å². The molecule has 2 fully saturated rings. The lowest BCUT2D eigenvalue weighted by molar-refractivity contribution is 0.185. The minimum absolute atomic E-state index is 0.436. The van der Waals surface area contributed by atoms with E-state index in [1.54, 1.807) is 0 Å². The van der Waals surface area contributed by atoms with E-state index in [-0.39, 0.29) is 0 Å². The fraction of sp³-hybridized carbons (Fsp3) is 0.800. The molecule has 0 aliphatic carbocycles. The predicted octanol–water partition coefficient (Wildman–Crippen LogP) is 0.335. The second-order valence-electron chi connectivity index (χ2n) is 4.34. The van der Waals surface area contributed by atoms with Crippen LogP contribution in [0.1, 0.15) is 24.1 Å². The van der Waals surface area contributed by atoms with E-state index in [4.69, 9.17) is 9.26 Å². The summed E-state index contributed by atoms with van der Waals surface area (Å²) in [5, 5.41) is 7.21. The first-order chi connectivity index (χ1) is 7.42. The molecule has 0 spiro atoms. The molecule has 1 N–H and O–H groups in total. The number of hydrogen-bond donors (Lipinski definition) is 1. The van der Waals surface area contributed by atoms with E-state index in [2.05, 4.69) is 15.5 Å². The van der Waals surface area contributed by atoms with E-state index < -0.39 is 0 Å². The molecule has 0 aromatic carbocycles. The van der Waals surface area contributed by atoms with E-state index in [1.165, 1.54) is 0 Å². The summed E-state index contributed by atoms with van der Waals surface area (Å²) in [6.45, 7) is 3.65. The molecule has 2 aliphatic rings. The first-order valence-electron chi connectivity index (χ1n) is 5.53. The summed E-state index contributed by atoms with van der Waals surface area (Å²) in [7, 11) is 0. The number of nitrogens with zero attached hydrogens (tertiary/aromatic N) is 2. The molecule has 2 saturated heterocycles. The molecule has 82 valence electrons. The van der Waals surface area contributed by atoms with Crippen LogP contribution in [0.2, 0.25) is 0 Å². The molecule has 0 amide bonds. The third-order valence-electron chi connectivity index (χ3n) is 3.11. The predicted molar refractivity (Wildman–Crippen MR) is 52.5 cm³/mol. The number of nitrogens with one attached hydrogen (secondary N) is 1. The van der Waals surface area contributed by atoms with Crippen LogP contribution in [0.3, 0.4) is 0 Å². The van der Waals surface area contributed by atoms with Gasteiger partial charge >= 0.3 is 0 Å². The van der Waals surface area contributed by atoms with Crippen molar-refractivity contribution >= 4 is 0 Å². The lowest BCUT2D eigenvalue weighted by atomic mass is 10.0. The highest BCUT2D eigenvalue weighted by Gasteiger charge is 2.26. The van der Waals surface area contributed by atoms with Crippen LogP contribution in [0.5, 0.6) is 0 Å². The minimum atomic E-state index is 0.436. The highest BCUT2D eigenvalue weighted by molar-refractivity contribution is 5.01. The molecule has 15 heavy (non-hydrogen) atoms. The third-order valence-corrected chi connectivity index (χ3v) is 3.11. The fourth-order valence-corrected chi connectivity index (χ4v) is 1.98. The molecular formula is C10H15N3O2. The third kappa shape index (κ3) is 1.89. The second-order valence-corrected chi connectivity index (χ2v) is 4.34. The standard InChI is InChI=1S/C10H15N3O2/c1-2-14-6-7(1)3-9-12-10(15-13-9)8-4-11-5-8/h7-8,11H,1-6H2. The molecular weight excluding hydrogens is 194 g/mol. The Balaban J connectivity index is 1.62. The minimum Gasteiger partial charge on any atom is -0.381 e. The van der Waals surface area contributed by atoms with Gasteiger partial charge in [0.2, 0.25) is 5.89 Å². The molecule has 3 rings (SSSR count). The summed E-state index contributed by atoms with van der Waals surface area (Å²) in [5.74, 6) is 2.65. The van der Waals surface area contributed by atoms with Crippen molar-refractivity contribution in [2.75, 3.05) is 26.3 Å². The van der Waals surface area contributed by atoms with Crippen LogP contribution in [-0.2, 0) is 11.2 Å². The van der Waals surface area contributed by atoms with E-state index in [9.17, 15) is 0 Å². The van der Waals surface area contributed by atoms with Crippen LogP contribution in [-0.4, -0.2) is 36.4 Å². The molecule has 5 nitrogen and oxygen atoms in total. The van der Waals surface area contributed by atoms with Crippen LogP contribution in [0.15, 0.2) is 4.52 Å². The molecule has 0 radical (unpaired) electrons. The summed E-state index contributed by atoms with van der Waals surface area (Å²) >= 11 is 0. The number of rotatable bonds is 3. The Hall–Kier alpha value is -0.940. The molecule has 1 unspecified atom stereocenters. The van der Waals surface area contributed by atoms with Crippen molar-refractivity contribution in [3.05, 3.63) is 11.7 Å². The van der Waals surface area contributed by atoms with Gasteiger partial charge in [0.1, 0.15) is 0 Å². The Bertz CT molecular complexity index is 329. The van der Waals surface area contributed by atoms with Gasteiger partial charge in [-0.15, -0.1) is 0 Å². The first-order valence-corrected chi connectivity index (χ1v) is 5.53. The zero-order valence-electron chi connectivity index (χ0n) is 8.61. The van der Waals surface area contributed by atoms with Crippen molar-refractivity contribution in [2.24, 2.45) is 5.92 Å². The normalized spacial score (nSPS) is 26.8. The summed E-state index contributed by atoms with van der Waals surface area (Å²) in [5.41, 5.74) is 0. The topological polar surface area (TPSA) is 60.2 Å². The summed E-state index contributed by atoms with van der Waals surface area (Å²) in [4.78, 5) is 4.42. The highest BCUT2D eigenvalue weighted by Crippen LogP contribution is 2.20. The summed E-state index contributed by atoms with van der Waals surface area (Å²) in [6, 6.07) is 0.